The summed E-state index contributed by atoms with van der Waals surface area (Å²) in [5.41, 5.74) is 3.39. The monoisotopic (exact) mass is 538 g/mol. The second kappa shape index (κ2) is 13.0. The van der Waals surface area contributed by atoms with E-state index in [1.54, 1.807) is 25.4 Å². The molecule has 0 amide bonds. The van der Waals surface area contributed by atoms with Crippen molar-refractivity contribution >= 4 is 55.6 Å². The highest BCUT2D eigenvalue weighted by Gasteiger charge is 2.16. The minimum Gasteiger partial charge on any atom is -0.507 e. The number of benzene rings is 2. The van der Waals surface area contributed by atoms with Crippen molar-refractivity contribution in [1.29, 1.82) is 0 Å². The van der Waals surface area contributed by atoms with Crippen LogP contribution in [0, 0.1) is 0 Å². The number of thiophene rings is 1. The molecule has 34 heavy (non-hydrogen) atoms. The number of hydrogen-bond acceptors (Lipinski definition) is 7. The molecule has 1 aromatic heterocycles. The predicted molar refractivity (Wildman–Crippen MR) is 147 cm³/mol. The molecule has 1 aliphatic heterocycles. The summed E-state index contributed by atoms with van der Waals surface area (Å²) in [7, 11) is 3.64. The Bertz CT molecular complexity index is 1230. The number of aldehydes is 1. The fourth-order valence-corrected chi connectivity index (χ4v) is 4.60. The number of halogens is 1. The number of allylic oxidation sites excluding steroid dienone is 2. The van der Waals surface area contributed by atoms with Crippen LogP contribution in [-0.4, -0.2) is 50.5 Å². The van der Waals surface area contributed by atoms with Gasteiger partial charge in [-0.25, -0.2) is 0 Å². The molecule has 3 N–H and O–H groups in total. The maximum Gasteiger partial charge on any atom is 0.160 e. The van der Waals surface area contributed by atoms with E-state index in [0.717, 1.165) is 51.2 Å². The van der Waals surface area contributed by atoms with Gasteiger partial charge in [0.1, 0.15) is 5.75 Å². The van der Waals surface area contributed by atoms with Crippen molar-refractivity contribution in [3.05, 3.63) is 87.0 Å². The highest BCUT2D eigenvalue weighted by Crippen LogP contribution is 2.27. The summed E-state index contributed by atoms with van der Waals surface area (Å²) < 4.78 is 2.02. The Balaban J connectivity index is 0.000000243. The fraction of sp³-hybridized carbons (Fsp3) is 0.192. The minimum absolute atomic E-state index is 0.221. The number of aliphatic imine (C=N–C) groups is 2. The van der Waals surface area contributed by atoms with Gasteiger partial charge in [-0.2, -0.15) is 0 Å². The molecule has 3 aromatic rings. The lowest BCUT2D eigenvalue weighted by Crippen LogP contribution is -2.26. The first-order valence-electron chi connectivity index (χ1n) is 10.8. The number of nitrogens with zero attached hydrogens (tertiary/aromatic N) is 2. The van der Waals surface area contributed by atoms with Crippen LogP contribution in [-0.2, 0) is 0 Å². The van der Waals surface area contributed by atoms with Gasteiger partial charge in [0, 0.05) is 48.7 Å². The molecule has 0 bridgehead atoms. The van der Waals surface area contributed by atoms with Gasteiger partial charge in [-0.05, 0) is 58.7 Å². The molecule has 6 nitrogen and oxygen atoms in total. The van der Waals surface area contributed by atoms with Gasteiger partial charge in [0.25, 0.3) is 0 Å². The highest BCUT2D eigenvalue weighted by atomic mass is 79.9. The largest absolute Gasteiger partial charge is 0.507 e. The van der Waals surface area contributed by atoms with Gasteiger partial charge < -0.3 is 15.7 Å². The lowest BCUT2D eigenvalue weighted by atomic mass is 10.0. The number of phenolic OH excluding ortho intramolecular Hbond substituents is 1. The maximum atomic E-state index is 10.4. The van der Waals surface area contributed by atoms with Gasteiger partial charge in [-0.15, -0.1) is 11.3 Å². The molecule has 0 saturated heterocycles. The average Bonchev–Trinajstić information content (AvgIpc) is 3.28. The van der Waals surface area contributed by atoms with E-state index in [1.807, 2.05) is 55.6 Å². The zero-order valence-electron chi connectivity index (χ0n) is 19.1. The Hall–Kier alpha value is -3.07. The summed E-state index contributed by atoms with van der Waals surface area (Å²) in [6.07, 6.45) is 5.30. The number of carbonyl (C=O) groups excluding carboxylic acids is 1. The Morgan fingerprint density at radius 1 is 1.21 bits per heavy atom. The van der Waals surface area contributed by atoms with Crippen LogP contribution in [0.4, 0.5) is 0 Å². The second-order valence-corrected chi connectivity index (χ2v) is 9.35. The van der Waals surface area contributed by atoms with E-state index in [9.17, 15) is 9.90 Å². The first-order chi connectivity index (χ1) is 16.5. The van der Waals surface area contributed by atoms with Crippen LogP contribution in [0.15, 0.2) is 86.5 Å². The molecule has 0 spiro atoms. The number of phenols is 1. The highest BCUT2D eigenvalue weighted by molar-refractivity contribution is 9.12. The lowest BCUT2D eigenvalue weighted by molar-refractivity contribution is 0.112. The van der Waals surface area contributed by atoms with E-state index in [-0.39, 0.29) is 5.75 Å². The number of dihydropyridines is 1. The smallest absolute Gasteiger partial charge is 0.160 e. The molecule has 176 valence electrons. The summed E-state index contributed by atoms with van der Waals surface area (Å²) in [6.45, 7) is 1.69. The fourth-order valence-electron chi connectivity index (χ4n) is 3.29. The molecular weight excluding hydrogens is 512 g/mol. The van der Waals surface area contributed by atoms with Crippen molar-refractivity contribution < 1.29 is 9.90 Å². The molecule has 0 fully saturated rings. The molecule has 2 aromatic carbocycles. The molecule has 0 unspecified atom stereocenters. The third-order valence-electron chi connectivity index (χ3n) is 4.91. The molecule has 2 heterocycles. The number of rotatable bonds is 7. The van der Waals surface area contributed by atoms with E-state index in [0.29, 0.717) is 12.0 Å². The number of carbonyl (C=O) groups is 1. The van der Waals surface area contributed by atoms with E-state index >= 15 is 0 Å². The molecular formula is C26H27BrN4O2S. The molecule has 0 atom stereocenters. The van der Waals surface area contributed by atoms with E-state index in [4.69, 9.17) is 0 Å². The average molecular weight is 539 g/mol. The SMILES string of the molecule is CN=C/C(Br)=C1\CC(NCCNC)=CC(c2ccccc2O)=N1.O=Cc1cc2ccccc2s1. The Labute approximate surface area is 212 Å². The van der Waals surface area contributed by atoms with Crippen molar-refractivity contribution in [3.63, 3.8) is 0 Å². The van der Waals surface area contributed by atoms with Crippen LogP contribution in [0.2, 0.25) is 0 Å². The van der Waals surface area contributed by atoms with Gasteiger partial charge >= 0.3 is 0 Å². The Kier molecular flexibility index (Phi) is 9.75. The summed E-state index contributed by atoms with van der Waals surface area (Å²) in [4.78, 5) is 19.9. The van der Waals surface area contributed by atoms with Crippen molar-refractivity contribution in [2.75, 3.05) is 27.2 Å². The molecule has 1 aliphatic rings. The van der Waals surface area contributed by atoms with E-state index in [1.165, 1.54) is 16.0 Å². The van der Waals surface area contributed by atoms with Crippen LogP contribution in [0.1, 0.15) is 21.7 Å². The molecule has 8 heteroatoms. The van der Waals surface area contributed by atoms with Gasteiger partial charge in [0.2, 0.25) is 0 Å². The predicted octanol–water partition coefficient (Wildman–Crippen LogP) is 5.30. The second-order valence-electron chi connectivity index (χ2n) is 7.38. The third-order valence-corrected chi connectivity index (χ3v) is 6.61. The molecule has 0 aliphatic carbocycles. The van der Waals surface area contributed by atoms with Gasteiger partial charge in [0.15, 0.2) is 6.29 Å². The number of likely N-dealkylation sites (N-methyl/N-ethyl adjacent to an activating group) is 1. The molecule has 0 radical (unpaired) electrons. The number of hydrogen-bond donors (Lipinski definition) is 3. The van der Waals surface area contributed by atoms with Gasteiger partial charge in [-0.1, -0.05) is 30.3 Å². The zero-order valence-corrected chi connectivity index (χ0v) is 21.5. The Morgan fingerprint density at radius 2 is 1.97 bits per heavy atom. The topological polar surface area (TPSA) is 86.1 Å². The van der Waals surface area contributed by atoms with Crippen LogP contribution in [0.3, 0.4) is 0 Å². The van der Waals surface area contributed by atoms with Crippen molar-refractivity contribution in [2.24, 2.45) is 9.98 Å². The molecule has 0 saturated carbocycles. The zero-order chi connectivity index (χ0) is 24.3. The number of para-hydroxylation sites is 1. The van der Waals surface area contributed by atoms with Crippen LogP contribution >= 0.6 is 27.3 Å². The molecule has 4 rings (SSSR count). The quantitative estimate of drug-likeness (QED) is 0.216. The first-order valence-corrected chi connectivity index (χ1v) is 12.4. The number of nitrogens with one attached hydrogen (secondary N) is 2. The third kappa shape index (κ3) is 6.96. The van der Waals surface area contributed by atoms with Crippen molar-refractivity contribution in [2.45, 2.75) is 6.42 Å². The van der Waals surface area contributed by atoms with Crippen molar-refractivity contribution in [3.8, 4) is 5.75 Å². The normalized spacial score (nSPS) is 14.8. The number of fused-ring (bicyclic) bond motifs is 1. The van der Waals surface area contributed by atoms with Crippen LogP contribution < -0.4 is 10.6 Å². The summed E-state index contributed by atoms with van der Waals surface area (Å²) in [6, 6.07) is 17.1. The lowest BCUT2D eigenvalue weighted by Gasteiger charge is -2.18. The van der Waals surface area contributed by atoms with Gasteiger partial charge in [-0.3, -0.25) is 14.8 Å². The number of aromatic hydroxyl groups is 1. The van der Waals surface area contributed by atoms with Crippen LogP contribution in [0.25, 0.3) is 10.1 Å². The van der Waals surface area contributed by atoms with E-state index in [2.05, 4.69) is 36.5 Å². The van der Waals surface area contributed by atoms with Crippen LogP contribution in [0.5, 0.6) is 5.75 Å². The summed E-state index contributed by atoms with van der Waals surface area (Å²) >= 11 is 5.05. The van der Waals surface area contributed by atoms with E-state index < -0.39 is 0 Å². The van der Waals surface area contributed by atoms with Gasteiger partial charge in [0.05, 0.1) is 20.8 Å². The standard InChI is InChI=1S/C17H21BrN4O.C9H6OS/c1-19-7-8-21-12-9-15(13-5-3-4-6-17(13)23)22-16(10-12)14(18)11-20-2;10-6-8-5-7-3-1-2-4-9(7)11-8/h3-6,9,11,19,21,23H,7-8,10H2,1-2H3;1-6H/b16-14-,20-11?;. The summed E-state index contributed by atoms with van der Waals surface area (Å²) in [5.74, 6) is 0.221. The maximum absolute atomic E-state index is 10.4. The summed E-state index contributed by atoms with van der Waals surface area (Å²) in [5, 5.41) is 17.8. The Morgan fingerprint density at radius 3 is 2.68 bits per heavy atom. The van der Waals surface area contributed by atoms with Crippen molar-refractivity contribution in [1.82, 2.24) is 10.6 Å². The first kappa shape index (κ1) is 25.6. The minimum atomic E-state index is 0.221.